The molecule has 0 radical (unpaired) electrons. The Hall–Kier alpha value is -6.18. The number of rotatable bonds is 0. The smallest absolute Gasteiger partial charge is 0.0561 e. The van der Waals surface area contributed by atoms with E-state index in [1.54, 1.807) is 36.4 Å². The summed E-state index contributed by atoms with van der Waals surface area (Å²) in [5.41, 5.74) is 38.1. The van der Waals surface area contributed by atoms with E-state index in [-0.39, 0.29) is 0 Å². The molecule has 0 aliphatic rings. The van der Waals surface area contributed by atoms with Gasteiger partial charge in [-0.25, -0.2) is 0 Å². The highest BCUT2D eigenvalue weighted by molar-refractivity contribution is 5.90. The number of hydrogen-bond acceptors (Lipinski definition) is 6. The van der Waals surface area contributed by atoms with E-state index < -0.39 is 0 Å². The second-order valence-corrected chi connectivity index (χ2v) is 7.58. The molecule has 0 amide bonds. The van der Waals surface area contributed by atoms with Gasteiger partial charge < -0.3 is 34.4 Å². The summed E-state index contributed by atoms with van der Waals surface area (Å²) in [5, 5.41) is 3.37. The van der Waals surface area contributed by atoms with Crippen LogP contribution < -0.4 is 34.4 Å². The van der Waals surface area contributed by atoms with Crippen LogP contribution in [0.2, 0.25) is 0 Å². The van der Waals surface area contributed by atoms with Crippen molar-refractivity contribution in [1.82, 2.24) is 0 Å². The largest absolute Gasteiger partial charge is 0.397 e. The van der Waals surface area contributed by atoms with E-state index in [4.69, 9.17) is 34.4 Å². The SMILES string of the molecule is Nc1cc2c#cc#cc3cc(N)c(N)cc3c#cc#cc3cc(N)c(N)cc3c#cc#cc2cc1N. The van der Waals surface area contributed by atoms with Crippen molar-refractivity contribution in [2.24, 2.45) is 0 Å². The fraction of sp³-hybridized carbons (Fsp3) is 0. The average Bonchev–Trinajstić information content (AvgIpc) is 2.84. The van der Waals surface area contributed by atoms with Crippen LogP contribution in [-0.4, -0.2) is 0 Å². The van der Waals surface area contributed by atoms with Crippen LogP contribution in [0.4, 0.5) is 34.1 Å². The van der Waals surface area contributed by atoms with E-state index in [2.05, 4.69) is 72.8 Å². The van der Waals surface area contributed by atoms with Gasteiger partial charge in [0.25, 0.3) is 0 Å². The minimum atomic E-state index is 0.385. The third kappa shape index (κ3) is 5.07. The number of nitrogen functional groups attached to an aromatic ring is 6. The predicted octanol–water partition coefficient (Wildman–Crippen LogP) is 3.61. The minimum absolute atomic E-state index is 0.385. The highest BCUT2D eigenvalue weighted by Gasteiger charge is 1.98. The molecular weight excluding hydrogens is 444 g/mol. The lowest BCUT2D eigenvalue weighted by Crippen LogP contribution is -1.93. The first-order chi connectivity index (χ1) is 17.3. The molecule has 0 spiro atoms. The van der Waals surface area contributed by atoms with Crippen LogP contribution in [0.25, 0.3) is 32.3 Å². The summed E-state index contributed by atoms with van der Waals surface area (Å²) in [7, 11) is 0. The van der Waals surface area contributed by atoms with Crippen molar-refractivity contribution in [2.75, 3.05) is 34.4 Å². The monoisotopic (exact) mass is 462 g/mol. The molecule has 4 aromatic carbocycles. The molecule has 0 heterocycles. The Morgan fingerprint density at radius 1 is 0.278 bits per heavy atom. The molecule has 6 nitrogen and oxygen atoms in total. The van der Waals surface area contributed by atoms with E-state index in [0.717, 1.165) is 0 Å². The Labute approximate surface area is 210 Å². The summed E-state index contributed by atoms with van der Waals surface area (Å²) in [4.78, 5) is 0. The fourth-order valence-corrected chi connectivity index (χ4v) is 3.11. The molecule has 0 unspecified atom stereocenters. The lowest BCUT2D eigenvalue weighted by molar-refractivity contribution is 1.72. The summed E-state index contributed by atoms with van der Waals surface area (Å²) in [5.74, 6) is 0. The molecule has 4 aromatic rings. The van der Waals surface area contributed by atoms with E-state index in [1.807, 2.05) is 0 Å². The van der Waals surface area contributed by atoms with Crippen molar-refractivity contribution in [1.29, 1.82) is 0 Å². The first-order valence-corrected chi connectivity index (χ1v) is 10.4. The van der Waals surface area contributed by atoms with Crippen LogP contribution in [0.5, 0.6) is 0 Å². The van der Waals surface area contributed by atoms with Crippen LogP contribution in [0, 0.1) is 72.8 Å². The van der Waals surface area contributed by atoms with Crippen LogP contribution in [0.3, 0.4) is 0 Å². The highest BCUT2D eigenvalue weighted by atomic mass is 14.7. The number of fused-ring (bicyclic) bond motifs is 3. The maximum absolute atomic E-state index is 5.97. The molecule has 0 fully saturated rings. The van der Waals surface area contributed by atoms with Crippen LogP contribution in [0.15, 0.2) is 36.4 Å². The first kappa shape index (κ1) is 23.0. The molecule has 0 aliphatic carbocycles. The van der Waals surface area contributed by atoms with Crippen molar-refractivity contribution in [3.05, 3.63) is 109 Å². The zero-order chi connectivity index (χ0) is 25.7. The lowest BCUT2D eigenvalue weighted by atomic mass is 10.1. The Bertz CT molecular complexity index is 1340. The lowest BCUT2D eigenvalue weighted by Gasteiger charge is -1.98. The summed E-state index contributed by atoms with van der Waals surface area (Å²) in [6.07, 6.45) is 0. The van der Waals surface area contributed by atoms with Crippen molar-refractivity contribution in [2.45, 2.75) is 0 Å². The van der Waals surface area contributed by atoms with Gasteiger partial charge in [-0.15, -0.1) is 0 Å². The van der Waals surface area contributed by atoms with Gasteiger partial charge in [0.05, 0.1) is 34.1 Å². The molecule has 0 bridgehead atoms. The van der Waals surface area contributed by atoms with Crippen molar-refractivity contribution < 1.29 is 0 Å². The maximum atomic E-state index is 5.97. The van der Waals surface area contributed by atoms with Gasteiger partial charge in [-0.1, -0.05) is 36.4 Å². The van der Waals surface area contributed by atoms with E-state index in [9.17, 15) is 0 Å². The topological polar surface area (TPSA) is 156 Å². The Morgan fingerprint density at radius 3 is 0.556 bits per heavy atom. The van der Waals surface area contributed by atoms with E-state index in [1.165, 1.54) is 0 Å². The Morgan fingerprint density at radius 2 is 0.417 bits per heavy atom. The molecule has 36 heavy (non-hydrogen) atoms. The van der Waals surface area contributed by atoms with Crippen molar-refractivity contribution in [3.8, 4) is 0 Å². The minimum Gasteiger partial charge on any atom is -0.397 e. The van der Waals surface area contributed by atoms with E-state index in [0.29, 0.717) is 66.4 Å². The van der Waals surface area contributed by atoms with Crippen LogP contribution >= 0.6 is 0 Å². The normalized spacial score (nSPS) is 9.00. The second-order valence-electron chi connectivity index (χ2n) is 7.58. The van der Waals surface area contributed by atoms with Gasteiger partial charge in [-0.2, -0.15) is 0 Å². The molecule has 0 aliphatic heterocycles. The van der Waals surface area contributed by atoms with Crippen LogP contribution in [0.1, 0.15) is 0 Å². The summed E-state index contributed by atoms with van der Waals surface area (Å²) in [6.45, 7) is 0. The van der Waals surface area contributed by atoms with Crippen LogP contribution in [-0.2, 0) is 0 Å². The van der Waals surface area contributed by atoms with Crippen molar-refractivity contribution >= 4 is 66.4 Å². The van der Waals surface area contributed by atoms with Gasteiger partial charge in [0, 0.05) is 32.3 Å². The molecule has 0 aromatic heterocycles. The number of benzene rings is 3. The molecule has 0 saturated heterocycles. The Balaban J connectivity index is 2.09. The van der Waals surface area contributed by atoms with Gasteiger partial charge in [0.1, 0.15) is 0 Å². The standard InChI is InChI=1S/C30H18N6/c31-25-13-19-7-1-2-8-20-14-26(32)28(34)16-22(20)10-5-6-12-24-18-30(36)29(35)17-23(24)11-4-3-9-21(19)15-27(25)33/h13-18H,31-36H2. The van der Waals surface area contributed by atoms with Gasteiger partial charge in [-0.3, -0.25) is 0 Å². The highest BCUT2D eigenvalue weighted by Crippen LogP contribution is 2.22. The molecular formula is C30H18N6. The zero-order valence-electron chi connectivity index (χ0n) is 18.9. The third-order valence-corrected chi connectivity index (χ3v) is 5.04. The zero-order valence-corrected chi connectivity index (χ0v) is 18.9. The molecule has 0 atom stereocenters. The number of anilines is 6. The molecule has 4 rings (SSSR count). The van der Waals surface area contributed by atoms with Gasteiger partial charge in [-0.05, 0) is 72.8 Å². The quantitative estimate of drug-likeness (QED) is 0.219. The van der Waals surface area contributed by atoms with Gasteiger partial charge in [0.15, 0.2) is 0 Å². The number of nitrogens with two attached hydrogens (primary N) is 6. The number of hydrogen-bond donors (Lipinski definition) is 6. The molecule has 168 valence electrons. The summed E-state index contributed by atoms with van der Waals surface area (Å²) >= 11 is 0. The molecule has 0 saturated carbocycles. The summed E-state index contributed by atoms with van der Waals surface area (Å²) < 4.78 is 0. The fourth-order valence-electron chi connectivity index (χ4n) is 3.11. The van der Waals surface area contributed by atoms with Crippen molar-refractivity contribution in [3.63, 3.8) is 0 Å². The maximum Gasteiger partial charge on any atom is 0.0561 e. The predicted molar refractivity (Wildman–Crippen MR) is 144 cm³/mol. The Kier molecular flexibility index (Phi) is 6.23. The van der Waals surface area contributed by atoms with E-state index >= 15 is 0 Å². The molecule has 12 N–H and O–H groups in total. The second kappa shape index (κ2) is 9.75. The average molecular weight is 463 g/mol. The third-order valence-electron chi connectivity index (χ3n) is 5.04. The van der Waals surface area contributed by atoms with Gasteiger partial charge >= 0.3 is 0 Å². The molecule has 6 heteroatoms. The first-order valence-electron chi connectivity index (χ1n) is 10.4. The van der Waals surface area contributed by atoms with Gasteiger partial charge in [0.2, 0.25) is 0 Å². The summed E-state index contributed by atoms with van der Waals surface area (Å²) in [6, 6.07) is 44.5.